The Morgan fingerprint density at radius 3 is 2.76 bits per heavy atom. The van der Waals surface area contributed by atoms with Gasteiger partial charge in [0.05, 0.1) is 23.4 Å². The van der Waals surface area contributed by atoms with E-state index in [1.54, 1.807) is 18.2 Å². The molecule has 17 heavy (non-hydrogen) atoms. The van der Waals surface area contributed by atoms with E-state index in [4.69, 9.17) is 22.1 Å². The SMILES string of the molecule is C[C@H](N)C(=O)C(=N)Cc1cc(C#N)ccc1N. The van der Waals surface area contributed by atoms with E-state index in [-0.39, 0.29) is 12.1 Å². The van der Waals surface area contributed by atoms with Crippen molar-refractivity contribution < 1.29 is 4.79 Å². The van der Waals surface area contributed by atoms with E-state index in [2.05, 4.69) is 0 Å². The summed E-state index contributed by atoms with van der Waals surface area (Å²) in [7, 11) is 0. The summed E-state index contributed by atoms with van der Waals surface area (Å²) in [6, 6.07) is 6.06. The fourth-order valence-corrected chi connectivity index (χ4v) is 1.38. The summed E-state index contributed by atoms with van der Waals surface area (Å²) in [5.41, 5.74) is 12.6. The predicted octanol–water partition coefficient (Wildman–Crippen LogP) is 0.619. The molecule has 1 rings (SSSR count). The molecular weight excluding hydrogens is 216 g/mol. The average Bonchev–Trinajstić information content (AvgIpc) is 2.30. The maximum atomic E-state index is 11.5. The van der Waals surface area contributed by atoms with Gasteiger partial charge < -0.3 is 16.9 Å². The number of nitriles is 1. The first-order valence-electron chi connectivity index (χ1n) is 5.11. The van der Waals surface area contributed by atoms with Crippen molar-refractivity contribution in [2.75, 3.05) is 5.73 Å². The van der Waals surface area contributed by atoms with Gasteiger partial charge in [-0.15, -0.1) is 0 Å². The molecule has 1 aromatic rings. The molecule has 5 heteroatoms. The van der Waals surface area contributed by atoms with Crippen LogP contribution in [0.1, 0.15) is 18.1 Å². The van der Waals surface area contributed by atoms with Crippen molar-refractivity contribution in [1.29, 1.82) is 10.7 Å². The van der Waals surface area contributed by atoms with Gasteiger partial charge in [-0.05, 0) is 30.7 Å². The van der Waals surface area contributed by atoms with E-state index >= 15 is 0 Å². The minimum Gasteiger partial charge on any atom is -0.398 e. The lowest BCUT2D eigenvalue weighted by Gasteiger charge is -2.08. The van der Waals surface area contributed by atoms with Crippen LogP contribution < -0.4 is 11.5 Å². The second kappa shape index (κ2) is 5.23. The van der Waals surface area contributed by atoms with Gasteiger partial charge in [-0.2, -0.15) is 5.26 Å². The Kier molecular flexibility index (Phi) is 3.96. The van der Waals surface area contributed by atoms with Crippen LogP contribution >= 0.6 is 0 Å². The summed E-state index contributed by atoms with van der Waals surface area (Å²) in [5, 5.41) is 16.4. The molecule has 1 aromatic carbocycles. The lowest BCUT2D eigenvalue weighted by Crippen LogP contribution is -2.33. The van der Waals surface area contributed by atoms with Crippen LogP contribution in [0, 0.1) is 16.7 Å². The number of carbonyl (C=O) groups excluding carboxylic acids is 1. The zero-order valence-electron chi connectivity index (χ0n) is 9.53. The fraction of sp³-hybridized carbons (Fsp3) is 0.250. The Balaban J connectivity index is 2.92. The Morgan fingerprint density at radius 2 is 2.24 bits per heavy atom. The number of nitrogens with two attached hydrogens (primary N) is 2. The van der Waals surface area contributed by atoms with E-state index in [1.807, 2.05) is 6.07 Å². The molecule has 0 radical (unpaired) electrons. The average molecular weight is 230 g/mol. The summed E-state index contributed by atoms with van der Waals surface area (Å²) < 4.78 is 0. The van der Waals surface area contributed by atoms with Crippen LogP contribution in [0.5, 0.6) is 0 Å². The highest BCUT2D eigenvalue weighted by atomic mass is 16.1. The van der Waals surface area contributed by atoms with Crippen LogP contribution in [0.15, 0.2) is 18.2 Å². The number of nitrogens with zero attached hydrogens (tertiary/aromatic N) is 1. The van der Waals surface area contributed by atoms with E-state index in [0.717, 1.165) is 0 Å². The van der Waals surface area contributed by atoms with E-state index < -0.39 is 11.8 Å². The predicted molar refractivity (Wildman–Crippen MR) is 65.7 cm³/mol. The van der Waals surface area contributed by atoms with Crippen molar-refractivity contribution in [2.45, 2.75) is 19.4 Å². The second-order valence-corrected chi connectivity index (χ2v) is 3.83. The third kappa shape index (κ3) is 3.13. The third-order valence-corrected chi connectivity index (χ3v) is 2.35. The standard InChI is InChI=1S/C12H14N4O/c1-7(14)12(17)11(16)5-9-4-8(6-13)2-3-10(9)15/h2-4,7,16H,5,14-15H2,1H3/t7-/m0/s1. The molecule has 0 saturated heterocycles. The fourth-order valence-electron chi connectivity index (χ4n) is 1.38. The minimum atomic E-state index is -0.692. The molecule has 1 atom stereocenters. The highest BCUT2D eigenvalue weighted by Gasteiger charge is 2.15. The lowest BCUT2D eigenvalue weighted by atomic mass is 9.99. The molecule has 0 aromatic heterocycles. The van der Waals surface area contributed by atoms with Crippen LogP contribution in [0.3, 0.4) is 0 Å². The van der Waals surface area contributed by atoms with Crippen LogP contribution in [0.4, 0.5) is 5.69 Å². The van der Waals surface area contributed by atoms with Crippen LogP contribution in [0.25, 0.3) is 0 Å². The summed E-state index contributed by atoms with van der Waals surface area (Å²) in [5.74, 6) is -0.410. The Labute approximate surface area is 99.5 Å². The van der Waals surface area contributed by atoms with Crippen LogP contribution in [0.2, 0.25) is 0 Å². The highest BCUT2D eigenvalue weighted by Crippen LogP contribution is 2.15. The normalized spacial score (nSPS) is 11.6. The molecule has 5 N–H and O–H groups in total. The van der Waals surface area contributed by atoms with Crippen molar-refractivity contribution in [3.8, 4) is 6.07 Å². The van der Waals surface area contributed by atoms with Gasteiger partial charge in [0.1, 0.15) is 0 Å². The number of hydrogen-bond donors (Lipinski definition) is 3. The molecule has 88 valence electrons. The second-order valence-electron chi connectivity index (χ2n) is 3.83. The quantitative estimate of drug-likeness (QED) is 0.519. The van der Waals surface area contributed by atoms with E-state index in [0.29, 0.717) is 16.8 Å². The summed E-state index contributed by atoms with van der Waals surface area (Å²) in [4.78, 5) is 11.5. The Bertz CT molecular complexity index is 500. The van der Waals surface area contributed by atoms with Crippen molar-refractivity contribution in [3.63, 3.8) is 0 Å². The third-order valence-electron chi connectivity index (χ3n) is 2.35. The monoisotopic (exact) mass is 230 g/mol. The first-order valence-corrected chi connectivity index (χ1v) is 5.11. The van der Waals surface area contributed by atoms with Gasteiger partial charge >= 0.3 is 0 Å². The van der Waals surface area contributed by atoms with Gasteiger partial charge in [-0.1, -0.05) is 0 Å². The molecule has 0 saturated carbocycles. The molecule has 0 heterocycles. The highest BCUT2D eigenvalue weighted by molar-refractivity contribution is 6.40. The molecule has 0 spiro atoms. The van der Waals surface area contributed by atoms with Gasteiger partial charge in [0.15, 0.2) is 5.78 Å². The molecule has 0 fully saturated rings. The Hall–Kier alpha value is -2.19. The van der Waals surface area contributed by atoms with Crippen LogP contribution in [-0.4, -0.2) is 17.5 Å². The maximum absolute atomic E-state index is 11.5. The number of hydrogen-bond acceptors (Lipinski definition) is 5. The summed E-state index contributed by atoms with van der Waals surface area (Å²) >= 11 is 0. The molecule has 0 amide bonds. The zero-order valence-corrected chi connectivity index (χ0v) is 9.53. The molecule has 0 bridgehead atoms. The number of rotatable bonds is 4. The van der Waals surface area contributed by atoms with Crippen molar-refractivity contribution in [3.05, 3.63) is 29.3 Å². The molecular formula is C12H14N4O. The minimum absolute atomic E-state index is 0.0956. The number of nitrogens with one attached hydrogen (secondary N) is 1. The van der Waals surface area contributed by atoms with Crippen LogP contribution in [-0.2, 0) is 11.2 Å². The van der Waals surface area contributed by atoms with Gasteiger partial charge in [0, 0.05) is 12.1 Å². The number of carbonyl (C=O) groups is 1. The number of anilines is 1. The molecule has 5 nitrogen and oxygen atoms in total. The van der Waals surface area contributed by atoms with E-state index in [9.17, 15) is 4.79 Å². The molecule has 0 aliphatic rings. The first kappa shape index (κ1) is 12.9. The van der Waals surface area contributed by atoms with Crippen molar-refractivity contribution in [1.82, 2.24) is 0 Å². The smallest absolute Gasteiger partial charge is 0.192 e. The van der Waals surface area contributed by atoms with Gasteiger partial charge in [-0.3, -0.25) is 4.79 Å². The van der Waals surface area contributed by atoms with E-state index in [1.165, 1.54) is 6.92 Å². The summed E-state index contributed by atoms with van der Waals surface area (Å²) in [6.07, 6.45) is 0.0989. The number of benzene rings is 1. The number of Topliss-reactive ketones (excluding diaryl/α,β-unsaturated/α-hetero) is 1. The topological polar surface area (TPSA) is 117 Å². The molecule has 0 unspecified atom stereocenters. The Morgan fingerprint density at radius 1 is 1.59 bits per heavy atom. The van der Waals surface area contributed by atoms with Crippen molar-refractivity contribution in [2.24, 2.45) is 5.73 Å². The van der Waals surface area contributed by atoms with Gasteiger partial charge in [-0.25, -0.2) is 0 Å². The van der Waals surface area contributed by atoms with Crippen molar-refractivity contribution >= 4 is 17.2 Å². The number of nitrogen functional groups attached to an aromatic ring is 1. The summed E-state index contributed by atoms with van der Waals surface area (Å²) in [6.45, 7) is 1.53. The molecule has 0 aliphatic heterocycles. The van der Waals surface area contributed by atoms with Gasteiger partial charge in [0.25, 0.3) is 0 Å². The molecule has 0 aliphatic carbocycles. The number of ketones is 1. The maximum Gasteiger partial charge on any atom is 0.192 e. The first-order chi connectivity index (χ1) is 7.95. The zero-order chi connectivity index (χ0) is 13.0. The largest absolute Gasteiger partial charge is 0.398 e. The van der Waals surface area contributed by atoms with Gasteiger partial charge in [0.2, 0.25) is 0 Å². The lowest BCUT2D eigenvalue weighted by molar-refractivity contribution is -0.113.